The van der Waals surface area contributed by atoms with Crippen molar-refractivity contribution in [3.8, 4) is 0 Å². The third kappa shape index (κ3) is 3.91. The summed E-state index contributed by atoms with van der Waals surface area (Å²) < 4.78 is 13.0. The number of piperidine rings is 1. The Balaban J connectivity index is 1.62. The molecule has 0 saturated carbocycles. The Morgan fingerprint density at radius 1 is 1.46 bits per heavy atom. The second-order valence-corrected chi connectivity index (χ2v) is 7.46. The molecule has 1 amide bonds. The number of nitrogens with one attached hydrogen (secondary N) is 1. The Hall–Kier alpha value is -1.99. The molecule has 0 aliphatic carbocycles. The molecule has 0 unspecified atom stereocenters. The summed E-state index contributed by atoms with van der Waals surface area (Å²) in [6, 6.07) is 6.65. The minimum absolute atomic E-state index is 0.168. The van der Waals surface area contributed by atoms with Gasteiger partial charge in [-0.25, -0.2) is 9.37 Å². The summed E-state index contributed by atoms with van der Waals surface area (Å²) in [6.45, 7) is 3.23. The number of aromatic nitrogens is 1. The number of β-amino-alcohol motifs (C(OH)–C–C–N with tert-alkyl or cyclic N) is 1. The minimum Gasteiger partial charge on any atom is -0.386 e. The van der Waals surface area contributed by atoms with Crippen molar-refractivity contribution in [2.75, 3.05) is 24.5 Å². The van der Waals surface area contributed by atoms with Gasteiger partial charge < -0.3 is 15.3 Å². The van der Waals surface area contributed by atoms with Gasteiger partial charge in [0.2, 0.25) is 0 Å². The molecule has 1 aliphatic rings. The summed E-state index contributed by atoms with van der Waals surface area (Å²) in [5.74, 6) is 0.0813. The Kier molecular flexibility index (Phi) is 4.82. The van der Waals surface area contributed by atoms with Crippen LogP contribution in [0.2, 0.25) is 0 Å². The number of hydrogen-bond acceptors (Lipinski definition) is 5. The highest BCUT2D eigenvalue weighted by molar-refractivity contribution is 7.13. The van der Waals surface area contributed by atoms with Crippen molar-refractivity contribution in [1.29, 1.82) is 0 Å². The summed E-state index contributed by atoms with van der Waals surface area (Å²) >= 11 is 1.43. The number of hydrogen-bond donors (Lipinski definition) is 2. The van der Waals surface area contributed by atoms with Gasteiger partial charge in [-0.1, -0.05) is 0 Å². The second kappa shape index (κ2) is 6.86. The van der Waals surface area contributed by atoms with Crippen molar-refractivity contribution < 1.29 is 14.3 Å². The summed E-state index contributed by atoms with van der Waals surface area (Å²) in [4.78, 5) is 19.9. The van der Waals surface area contributed by atoms with E-state index in [2.05, 4.69) is 10.3 Å². The molecule has 3 rings (SSSR count). The number of anilines is 1. The fourth-order valence-electron chi connectivity index (χ4n) is 2.90. The normalized spacial score (nSPS) is 20.9. The van der Waals surface area contributed by atoms with Crippen LogP contribution in [0.15, 0.2) is 30.5 Å². The first-order valence-electron chi connectivity index (χ1n) is 7.89. The second-order valence-electron chi connectivity index (χ2n) is 6.18. The van der Waals surface area contributed by atoms with Crippen LogP contribution in [0.4, 0.5) is 10.2 Å². The first kappa shape index (κ1) is 16.9. The average molecular weight is 349 g/mol. The van der Waals surface area contributed by atoms with E-state index in [1.54, 1.807) is 12.1 Å². The van der Waals surface area contributed by atoms with Crippen molar-refractivity contribution in [2.45, 2.75) is 25.4 Å². The lowest BCUT2D eigenvalue weighted by molar-refractivity contribution is 0.0255. The lowest BCUT2D eigenvalue weighted by Crippen LogP contribution is -2.54. The van der Waals surface area contributed by atoms with E-state index >= 15 is 0 Å². The van der Waals surface area contributed by atoms with Crippen LogP contribution in [0, 0.1) is 12.7 Å². The van der Waals surface area contributed by atoms with Crippen LogP contribution < -0.4 is 10.2 Å². The standard InChI is InChI=1S/C17H20FN3O2S/c1-12-3-5-14(24-12)16(22)20-10-17(23)7-2-8-21(11-17)15-6-4-13(18)9-19-15/h3-6,9,23H,2,7-8,10-11H2,1H3,(H,20,22)/t17-/m0/s1. The Morgan fingerprint density at radius 2 is 2.29 bits per heavy atom. The zero-order valence-corrected chi connectivity index (χ0v) is 14.3. The highest BCUT2D eigenvalue weighted by Crippen LogP contribution is 2.25. The summed E-state index contributed by atoms with van der Waals surface area (Å²) in [5, 5.41) is 13.6. The number of rotatable bonds is 4. The van der Waals surface area contributed by atoms with E-state index in [4.69, 9.17) is 0 Å². The zero-order chi connectivity index (χ0) is 17.2. The lowest BCUT2D eigenvalue weighted by atomic mass is 9.92. The van der Waals surface area contributed by atoms with Gasteiger partial charge in [-0.2, -0.15) is 0 Å². The maximum Gasteiger partial charge on any atom is 0.261 e. The van der Waals surface area contributed by atoms with Gasteiger partial charge in [-0.3, -0.25) is 4.79 Å². The first-order valence-corrected chi connectivity index (χ1v) is 8.70. The number of amides is 1. The molecular formula is C17H20FN3O2S. The summed E-state index contributed by atoms with van der Waals surface area (Å²) in [6.07, 6.45) is 2.56. The van der Waals surface area contributed by atoms with Gasteiger partial charge in [-0.05, 0) is 44.0 Å². The van der Waals surface area contributed by atoms with Crippen molar-refractivity contribution in [1.82, 2.24) is 10.3 Å². The predicted molar refractivity (Wildman–Crippen MR) is 92.0 cm³/mol. The van der Waals surface area contributed by atoms with Gasteiger partial charge in [0.15, 0.2) is 0 Å². The SMILES string of the molecule is Cc1ccc(C(=O)NC[C@@]2(O)CCCN(c3ccc(F)cn3)C2)s1. The quantitative estimate of drug-likeness (QED) is 0.889. The molecule has 2 aromatic rings. The highest BCUT2D eigenvalue weighted by atomic mass is 32.1. The van der Waals surface area contributed by atoms with Crippen LogP contribution in [0.5, 0.6) is 0 Å². The molecule has 1 fully saturated rings. The molecule has 0 radical (unpaired) electrons. The van der Waals surface area contributed by atoms with Crippen molar-refractivity contribution >= 4 is 23.1 Å². The van der Waals surface area contributed by atoms with Gasteiger partial charge in [0.05, 0.1) is 16.7 Å². The molecule has 0 spiro atoms. The fraction of sp³-hybridized carbons (Fsp3) is 0.412. The Labute approximate surface area is 144 Å². The van der Waals surface area contributed by atoms with Gasteiger partial charge in [0, 0.05) is 24.5 Å². The molecule has 7 heteroatoms. The topological polar surface area (TPSA) is 65.5 Å². The van der Waals surface area contributed by atoms with E-state index in [0.29, 0.717) is 23.7 Å². The largest absolute Gasteiger partial charge is 0.386 e. The number of carbonyl (C=O) groups excluding carboxylic acids is 1. The van der Waals surface area contributed by atoms with E-state index in [1.807, 2.05) is 17.9 Å². The number of pyridine rings is 1. The summed E-state index contributed by atoms with van der Waals surface area (Å²) in [5.41, 5.74) is -1.02. The molecule has 2 N–H and O–H groups in total. The van der Waals surface area contributed by atoms with Gasteiger partial charge in [-0.15, -0.1) is 11.3 Å². The highest BCUT2D eigenvalue weighted by Gasteiger charge is 2.34. The average Bonchev–Trinajstić information content (AvgIpc) is 3.00. The minimum atomic E-state index is -1.02. The number of thiophene rings is 1. The van der Waals surface area contributed by atoms with Crippen LogP contribution in [0.1, 0.15) is 27.4 Å². The molecule has 0 bridgehead atoms. The lowest BCUT2D eigenvalue weighted by Gasteiger charge is -2.39. The van der Waals surface area contributed by atoms with Crippen LogP contribution in [-0.2, 0) is 0 Å². The van der Waals surface area contributed by atoms with Crippen LogP contribution in [0.25, 0.3) is 0 Å². The van der Waals surface area contributed by atoms with Crippen LogP contribution in [-0.4, -0.2) is 41.2 Å². The Morgan fingerprint density at radius 3 is 2.96 bits per heavy atom. The third-order valence-corrected chi connectivity index (χ3v) is 5.13. The van der Waals surface area contributed by atoms with Crippen molar-refractivity contribution in [2.24, 2.45) is 0 Å². The van der Waals surface area contributed by atoms with Gasteiger partial charge in [0.1, 0.15) is 11.6 Å². The predicted octanol–water partition coefficient (Wildman–Crippen LogP) is 2.35. The molecular weight excluding hydrogens is 329 g/mol. The maximum atomic E-state index is 13.0. The fourth-order valence-corrected chi connectivity index (χ4v) is 3.68. The molecule has 2 aromatic heterocycles. The molecule has 128 valence electrons. The molecule has 0 aromatic carbocycles. The van der Waals surface area contributed by atoms with Crippen molar-refractivity contribution in [3.05, 3.63) is 46.0 Å². The molecule has 3 heterocycles. The number of aryl methyl sites for hydroxylation is 1. The maximum absolute atomic E-state index is 13.0. The van der Waals surface area contributed by atoms with E-state index in [9.17, 15) is 14.3 Å². The van der Waals surface area contributed by atoms with E-state index in [1.165, 1.54) is 23.6 Å². The zero-order valence-electron chi connectivity index (χ0n) is 13.5. The monoisotopic (exact) mass is 349 g/mol. The van der Waals surface area contributed by atoms with E-state index in [0.717, 1.165) is 17.8 Å². The number of nitrogens with zero attached hydrogens (tertiary/aromatic N) is 2. The smallest absolute Gasteiger partial charge is 0.261 e. The molecule has 1 saturated heterocycles. The van der Waals surface area contributed by atoms with E-state index in [-0.39, 0.29) is 18.3 Å². The molecule has 1 aliphatic heterocycles. The number of halogens is 1. The molecule has 24 heavy (non-hydrogen) atoms. The summed E-state index contributed by atoms with van der Waals surface area (Å²) in [7, 11) is 0. The number of carbonyl (C=O) groups is 1. The van der Waals surface area contributed by atoms with Crippen LogP contribution in [0.3, 0.4) is 0 Å². The molecule has 5 nitrogen and oxygen atoms in total. The van der Waals surface area contributed by atoms with Crippen LogP contribution >= 0.6 is 11.3 Å². The first-order chi connectivity index (χ1) is 11.5. The van der Waals surface area contributed by atoms with Gasteiger partial charge >= 0.3 is 0 Å². The number of aliphatic hydroxyl groups is 1. The third-order valence-electron chi connectivity index (χ3n) is 4.13. The van der Waals surface area contributed by atoms with Crippen molar-refractivity contribution in [3.63, 3.8) is 0 Å². The Bertz CT molecular complexity index is 719. The molecule has 1 atom stereocenters. The van der Waals surface area contributed by atoms with Gasteiger partial charge in [0.25, 0.3) is 5.91 Å². The van der Waals surface area contributed by atoms with E-state index < -0.39 is 5.60 Å².